The highest BCUT2D eigenvalue weighted by molar-refractivity contribution is 7.80. The number of hydrogen-bond donors (Lipinski definition) is 2. The van der Waals surface area contributed by atoms with Gasteiger partial charge >= 0.3 is 0 Å². The molecule has 192 valence electrons. The van der Waals surface area contributed by atoms with E-state index < -0.39 is 0 Å². The van der Waals surface area contributed by atoms with E-state index in [0.29, 0.717) is 12.6 Å². The summed E-state index contributed by atoms with van der Waals surface area (Å²) in [7, 11) is 0. The largest absolute Gasteiger partial charge is 0.378 e. The normalized spacial score (nSPS) is 16.1. The predicted molar refractivity (Wildman–Crippen MR) is 157 cm³/mol. The Balaban J connectivity index is 1.45. The molecule has 2 aliphatic rings. The first-order valence-corrected chi connectivity index (χ1v) is 14.4. The second-order valence-corrected chi connectivity index (χ2v) is 11.3. The number of hydrogen-bond acceptors (Lipinski definition) is 3. The molecule has 0 bridgehead atoms. The third-order valence-corrected chi connectivity index (χ3v) is 8.42. The third-order valence-electron chi connectivity index (χ3n) is 7.85. The lowest BCUT2D eigenvalue weighted by Gasteiger charge is -2.24. The third kappa shape index (κ3) is 4.89. The first-order chi connectivity index (χ1) is 18.1. The lowest BCUT2D eigenvalue weighted by atomic mass is 9.95. The van der Waals surface area contributed by atoms with Crippen LogP contribution in [0.4, 0.5) is 5.69 Å². The Morgan fingerprint density at radius 3 is 2.51 bits per heavy atom. The SMILES string of the molecule is Cc1ccc(NCc2nn3c(C(=S)NC4CCCCC4)c(-c4ccc(Cl)cc4)c4c3n2CCCC4)cc1. The second kappa shape index (κ2) is 10.5. The average molecular weight is 532 g/mol. The molecule has 6 rings (SSSR count). The summed E-state index contributed by atoms with van der Waals surface area (Å²) in [4.78, 5) is 0.807. The molecule has 5 nitrogen and oxygen atoms in total. The van der Waals surface area contributed by atoms with E-state index >= 15 is 0 Å². The Labute approximate surface area is 229 Å². The van der Waals surface area contributed by atoms with Crippen LogP contribution < -0.4 is 10.6 Å². The minimum absolute atomic E-state index is 0.436. The summed E-state index contributed by atoms with van der Waals surface area (Å²) in [6.45, 7) is 3.75. The van der Waals surface area contributed by atoms with Crippen molar-refractivity contribution in [2.24, 2.45) is 0 Å². The van der Waals surface area contributed by atoms with E-state index in [1.54, 1.807) is 0 Å². The topological polar surface area (TPSA) is 46.3 Å². The van der Waals surface area contributed by atoms with Crippen molar-refractivity contribution in [1.29, 1.82) is 0 Å². The minimum atomic E-state index is 0.436. The molecular formula is C30H34ClN5S. The fraction of sp³-hybridized carbons (Fsp3) is 0.400. The molecule has 2 aromatic heterocycles. The lowest BCUT2D eigenvalue weighted by molar-refractivity contribution is 0.415. The maximum Gasteiger partial charge on any atom is 0.150 e. The summed E-state index contributed by atoms with van der Waals surface area (Å²) in [6, 6.07) is 17.2. The molecule has 1 saturated carbocycles. The van der Waals surface area contributed by atoms with Gasteiger partial charge in [0, 0.05) is 34.4 Å². The van der Waals surface area contributed by atoms with Gasteiger partial charge in [-0.25, -0.2) is 4.52 Å². The van der Waals surface area contributed by atoms with E-state index in [9.17, 15) is 0 Å². The van der Waals surface area contributed by atoms with Crippen LogP contribution >= 0.6 is 23.8 Å². The molecule has 1 aliphatic carbocycles. The quantitative estimate of drug-likeness (QED) is 0.256. The van der Waals surface area contributed by atoms with E-state index in [4.69, 9.17) is 28.9 Å². The standard InChI is InChI=1S/C30H34ClN5S/c1-20-10-16-23(17-11-20)32-19-26-34-36-28(29(37)33-24-7-3-2-4-8-24)27(21-12-14-22(31)15-13-21)25-9-5-6-18-35(26)30(25)36/h10-17,24,32H,2-9,18-19H2,1H3,(H,33,37). The Hall–Kier alpha value is -2.83. The number of nitrogens with one attached hydrogen (secondary N) is 2. The molecule has 37 heavy (non-hydrogen) atoms. The van der Waals surface area contributed by atoms with E-state index in [-0.39, 0.29) is 0 Å². The van der Waals surface area contributed by atoms with Crippen molar-refractivity contribution < 1.29 is 0 Å². The van der Waals surface area contributed by atoms with Gasteiger partial charge in [0.25, 0.3) is 0 Å². The average Bonchev–Trinajstić information content (AvgIpc) is 3.31. The summed E-state index contributed by atoms with van der Waals surface area (Å²) < 4.78 is 4.55. The fourth-order valence-corrected chi connectivity index (χ4v) is 6.41. The molecule has 7 heteroatoms. The van der Waals surface area contributed by atoms with Crippen LogP contribution in [0.25, 0.3) is 16.8 Å². The molecule has 1 fully saturated rings. The molecule has 3 heterocycles. The monoisotopic (exact) mass is 531 g/mol. The lowest BCUT2D eigenvalue weighted by Crippen LogP contribution is -2.36. The zero-order valence-electron chi connectivity index (χ0n) is 21.4. The molecule has 1 aliphatic heterocycles. The molecule has 0 radical (unpaired) electrons. The molecule has 0 amide bonds. The maximum atomic E-state index is 6.27. The highest BCUT2D eigenvalue weighted by Crippen LogP contribution is 2.37. The van der Waals surface area contributed by atoms with Crippen molar-refractivity contribution in [2.75, 3.05) is 5.32 Å². The molecule has 2 N–H and O–H groups in total. The van der Waals surface area contributed by atoms with Crippen molar-refractivity contribution in [3.05, 3.63) is 76.2 Å². The number of rotatable bonds is 6. The Morgan fingerprint density at radius 1 is 1.00 bits per heavy atom. The second-order valence-electron chi connectivity index (χ2n) is 10.5. The molecule has 0 unspecified atom stereocenters. The van der Waals surface area contributed by atoms with Crippen LogP contribution in [-0.4, -0.2) is 25.2 Å². The van der Waals surface area contributed by atoms with Crippen LogP contribution in [0.2, 0.25) is 5.02 Å². The van der Waals surface area contributed by atoms with Gasteiger partial charge in [0.1, 0.15) is 16.3 Å². The number of thiocarbonyl (C=S) groups is 1. The van der Waals surface area contributed by atoms with E-state index in [2.05, 4.69) is 63.0 Å². The van der Waals surface area contributed by atoms with Crippen LogP contribution in [-0.2, 0) is 19.5 Å². The highest BCUT2D eigenvalue weighted by Gasteiger charge is 2.29. The zero-order valence-corrected chi connectivity index (χ0v) is 23.0. The predicted octanol–water partition coefficient (Wildman–Crippen LogP) is 7.31. The van der Waals surface area contributed by atoms with Crippen molar-refractivity contribution in [3.63, 3.8) is 0 Å². The van der Waals surface area contributed by atoms with Crippen LogP contribution in [0.15, 0.2) is 48.5 Å². The van der Waals surface area contributed by atoms with E-state index in [1.165, 1.54) is 54.4 Å². The van der Waals surface area contributed by atoms with Gasteiger partial charge in [0.2, 0.25) is 0 Å². The summed E-state index contributed by atoms with van der Waals surface area (Å²) in [6.07, 6.45) is 9.51. The van der Waals surface area contributed by atoms with Crippen LogP contribution in [0.5, 0.6) is 0 Å². The van der Waals surface area contributed by atoms with Gasteiger partial charge in [-0.15, -0.1) is 0 Å². The molecule has 4 aromatic rings. The van der Waals surface area contributed by atoms with E-state index in [0.717, 1.165) is 58.6 Å². The van der Waals surface area contributed by atoms with Crippen molar-refractivity contribution in [2.45, 2.75) is 77.4 Å². The summed E-state index contributed by atoms with van der Waals surface area (Å²) in [5, 5.41) is 13.3. The van der Waals surface area contributed by atoms with Gasteiger partial charge in [-0.3, -0.25) is 0 Å². The molecule has 0 atom stereocenters. The molecule has 2 aromatic carbocycles. The smallest absolute Gasteiger partial charge is 0.150 e. The Kier molecular flexibility index (Phi) is 6.96. The number of aryl methyl sites for hydroxylation is 3. The van der Waals surface area contributed by atoms with Crippen LogP contribution in [0.1, 0.15) is 67.6 Å². The van der Waals surface area contributed by atoms with Crippen molar-refractivity contribution in [3.8, 4) is 11.1 Å². The summed E-state index contributed by atoms with van der Waals surface area (Å²) in [5.41, 5.74) is 8.28. The Bertz CT molecular complexity index is 1410. The van der Waals surface area contributed by atoms with Crippen LogP contribution in [0, 0.1) is 6.92 Å². The number of anilines is 1. The molecule has 0 spiro atoms. The number of halogens is 1. The fourth-order valence-electron chi connectivity index (χ4n) is 5.93. The van der Waals surface area contributed by atoms with Crippen molar-refractivity contribution in [1.82, 2.24) is 19.5 Å². The summed E-state index contributed by atoms with van der Waals surface area (Å²) >= 11 is 12.4. The minimum Gasteiger partial charge on any atom is -0.378 e. The summed E-state index contributed by atoms with van der Waals surface area (Å²) in [5.74, 6) is 1.04. The maximum absolute atomic E-state index is 6.27. The van der Waals surface area contributed by atoms with Crippen LogP contribution in [0.3, 0.4) is 0 Å². The van der Waals surface area contributed by atoms with Gasteiger partial charge in [-0.2, -0.15) is 5.10 Å². The van der Waals surface area contributed by atoms with E-state index in [1.807, 2.05) is 12.1 Å². The van der Waals surface area contributed by atoms with Gasteiger partial charge in [-0.1, -0.05) is 72.9 Å². The number of aromatic nitrogens is 3. The van der Waals surface area contributed by atoms with Gasteiger partial charge in [0.05, 0.1) is 6.54 Å². The highest BCUT2D eigenvalue weighted by atomic mass is 35.5. The zero-order chi connectivity index (χ0) is 25.4. The first-order valence-electron chi connectivity index (χ1n) is 13.6. The number of nitrogens with zero attached hydrogens (tertiary/aromatic N) is 3. The molecule has 0 saturated heterocycles. The molecular weight excluding hydrogens is 498 g/mol. The first kappa shape index (κ1) is 24.5. The van der Waals surface area contributed by atoms with Gasteiger partial charge < -0.3 is 15.2 Å². The van der Waals surface area contributed by atoms with Crippen molar-refractivity contribution >= 4 is 40.1 Å². The Morgan fingerprint density at radius 2 is 1.76 bits per heavy atom. The number of benzene rings is 2. The van der Waals surface area contributed by atoms with Gasteiger partial charge in [0.15, 0.2) is 5.82 Å². The van der Waals surface area contributed by atoms with Gasteiger partial charge in [-0.05, 0) is 68.9 Å².